The number of nitro benzene ring substituents is 1. The Kier molecular flexibility index (Phi) is 3.87. The molecule has 0 spiro atoms. The third kappa shape index (κ3) is 3.52. The minimum absolute atomic E-state index is 0.138. The van der Waals surface area contributed by atoms with Crippen LogP contribution in [0.5, 0.6) is 0 Å². The molecule has 1 aromatic carbocycles. The Labute approximate surface area is 107 Å². The van der Waals surface area contributed by atoms with Gasteiger partial charge in [-0.05, 0) is 42.8 Å². The molecule has 1 aromatic rings. The van der Waals surface area contributed by atoms with Crippen LogP contribution in [0.4, 0.5) is 5.69 Å². The molecule has 92 valence electrons. The van der Waals surface area contributed by atoms with Crippen molar-refractivity contribution in [2.45, 2.75) is 26.4 Å². The molecule has 0 saturated carbocycles. The summed E-state index contributed by atoms with van der Waals surface area (Å²) >= 11 is 3.05. The van der Waals surface area contributed by atoms with E-state index in [4.69, 9.17) is 4.74 Å². The van der Waals surface area contributed by atoms with Gasteiger partial charge in [-0.15, -0.1) is 0 Å². The summed E-state index contributed by atoms with van der Waals surface area (Å²) in [6.45, 7) is 5.20. The van der Waals surface area contributed by atoms with Crippen molar-refractivity contribution < 1.29 is 14.5 Å². The van der Waals surface area contributed by atoms with Crippen LogP contribution in [0.25, 0.3) is 0 Å². The lowest BCUT2D eigenvalue weighted by atomic mass is 10.1. The average molecular weight is 302 g/mol. The van der Waals surface area contributed by atoms with Crippen LogP contribution in [-0.2, 0) is 4.74 Å². The number of hydrogen-bond donors (Lipinski definition) is 0. The van der Waals surface area contributed by atoms with Crippen molar-refractivity contribution in [2.24, 2.45) is 0 Å². The van der Waals surface area contributed by atoms with Gasteiger partial charge in [-0.25, -0.2) is 4.79 Å². The summed E-state index contributed by atoms with van der Waals surface area (Å²) < 4.78 is 5.29. The zero-order chi connectivity index (χ0) is 13.2. The Morgan fingerprint density at radius 3 is 2.47 bits per heavy atom. The molecule has 17 heavy (non-hydrogen) atoms. The molecule has 0 radical (unpaired) electrons. The number of ether oxygens (including phenoxy) is 1. The highest BCUT2D eigenvalue weighted by molar-refractivity contribution is 9.10. The van der Waals surface area contributed by atoms with E-state index in [9.17, 15) is 14.9 Å². The Balaban J connectivity index is 3.11. The molecule has 0 N–H and O–H groups in total. The van der Waals surface area contributed by atoms with Crippen LogP contribution in [-0.4, -0.2) is 16.5 Å². The highest BCUT2D eigenvalue weighted by Crippen LogP contribution is 2.29. The molecule has 6 heteroatoms. The van der Waals surface area contributed by atoms with E-state index in [1.807, 2.05) is 0 Å². The first kappa shape index (κ1) is 13.6. The van der Waals surface area contributed by atoms with E-state index >= 15 is 0 Å². The molecular weight excluding hydrogens is 290 g/mol. The Morgan fingerprint density at radius 1 is 1.41 bits per heavy atom. The Bertz CT molecular complexity index is 465. The summed E-state index contributed by atoms with van der Waals surface area (Å²) in [5, 5.41) is 10.7. The zero-order valence-electron chi connectivity index (χ0n) is 9.69. The molecule has 0 fully saturated rings. The molecule has 0 atom stereocenters. The summed E-state index contributed by atoms with van der Waals surface area (Å²) in [5.74, 6) is -0.590. The van der Waals surface area contributed by atoms with Crippen molar-refractivity contribution in [3.63, 3.8) is 0 Å². The highest BCUT2D eigenvalue weighted by Gasteiger charge is 2.23. The van der Waals surface area contributed by atoms with Crippen molar-refractivity contribution in [2.75, 3.05) is 0 Å². The standard InChI is InChI=1S/C11H12BrNO4/c1-11(2,3)17-10(14)7-5-4-6-8(9(7)12)13(15)16/h4-6H,1-3H3. The Morgan fingerprint density at radius 2 is 2.00 bits per heavy atom. The van der Waals surface area contributed by atoms with Crippen molar-refractivity contribution in [1.29, 1.82) is 0 Å². The summed E-state index contributed by atoms with van der Waals surface area (Å²) in [6.07, 6.45) is 0. The number of nitrogens with zero attached hydrogens (tertiary/aromatic N) is 1. The molecular formula is C11H12BrNO4. The minimum atomic E-state index is -0.638. The smallest absolute Gasteiger partial charge is 0.340 e. The largest absolute Gasteiger partial charge is 0.456 e. The molecule has 0 aromatic heterocycles. The predicted octanol–water partition coefficient (Wildman–Crippen LogP) is 3.31. The summed E-state index contributed by atoms with van der Waals surface area (Å²) in [6, 6.07) is 4.24. The molecule has 0 heterocycles. The van der Waals surface area contributed by atoms with E-state index in [0.717, 1.165) is 0 Å². The lowest BCUT2D eigenvalue weighted by molar-refractivity contribution is -0.385. The molecule has 0 bridgehead atoms. The van der Waals surface area contributed by atoms with Crippen LogP contribution in [0.2, 0.25) is 0 Å². The third-order valence-electron chi connectivity index (χ3n) is 1.79. The topological polar surface area (TPSA) is 69.4 Å². The van der Waals surface area contributed by atoms with E-state index in [0.29, 0.717) is 0 Å². The van der Waals surface area contributed by atoms with E-state index < -0.39 is 16.5 Å². The lowest BCUT2D eigenvalue weighted by Gasteiger charge is -2.19. The number of rotatable bonds is 2. The SMILES string of the molecule is CC(C)(C)OC(=O)c1cccc([N+](=O)[O-])c1Br. The number of benzene rings is 1. The van der Waals surface area contributed by atoms with Crippen LogP contribution in [0.3, 0.4) is 0 Å². The summed E-state index contributed by atoms with van der Waals surface area (Å²) in [5.41, 5.74) is -0.649. The minimum Gasteiger partial charge on any atom is -0.456 e. The first-order valence-corrected chi connectivity index (χ1v) is 5.68. The molecule has 0 amide bonds. The monoisotopic (exact) mass is 301 g/mol. The van der Waals surface area contributed by atoms with Gasteiger partial charge in [-0.3, -0.25) is 10.1 Å². The van der Waals surface area contributed by atoms with Crippen LogP contribution >= 0.6 is 15.9 Å². The van der Waals surface area contributed by atoms with Gasteiger partial charge in [-0.2, -0.15) is 0 Å². The number of hydrogen-bond acceptors (Lipinski definition) is 4. The van der Waals surface area contributed by atoms with Crippen molar-refractivity contribution in [1.82, 2.24) is 0 Å². The molecule has 1 rings (SSSR count). The van der Waals surface area contributed by atoms with E-state index in [1.165, 1.54) is 18.2 Å². The first-order chi connectivity index (χ1) is 7.72. The van der Waals surface area contributed by atoms with Crippen molar-refractivity contribution in [3.05, 3.63) is 38.3 Å². The van der Waals surface area contributed by atoms with Crippen LogP contribution in [0, 0.1) is 10.1 Å². The summed E-state index contributed by atoms with van der Waals surface area (Å²) in [7, 11) is 0. The second-order valence-electron chi connectivity index (χ2n) is 4.40. The van der Waals surface area contributed by atoms with Crippen LogP contribution < -0.4 is 0 Å². The summed E-state index contributed by atoms with van der Waals surface area (Å²) in [4.78, 5) is 21.9. The number of carbonyl (C=O) groups is 1. The van der Waals surface area contributed by atoms with Crippen LogP contribution in [0.15, 0.2) is 22.7 Å². The highest BCUT2D eigenvalue weighted by atomic mass is 79.9. The second kappa shape index (κ2) is 4.83. The van der Waals surface area contributed by atoms with Gasteiger partial charge in [0.15, 0.2) is 0 Å². The van der Waals surface area contributed by atoms with Gasteiger partial charge in [0.2, 0.25) is 0 Å². The fraction of sp³-hybridized carbons (Fsp3) is 0.364. The zero-order valence-corrected chi connectivity index (χ0v) is 11.3. The van der Waals surface area contributed by atoms with Crippen molar-refractivity contribution >= 4 is 27.6 Å². The predicted molar refractivity (Wildman–Crippen MR) is 66.0 cm³/mol. The van der Waals surface area contributed by atoms with E-state index in [-0.39, 0.29) is 15.7 Å². The lowest BCUT2D eigenvalue weighted by Crippen LogP contribution is -2.24. The number of carbonyl (C=O) groups excluding carboxylic acids is 1. The van der Waals surface area contributed by atoms with E-state index in [1.54, 1.807) is 20.8 Å². The van der Waals surface area contributed by atoms with Gasteiger partial charge in [0.05, 0.1) is 10.5 Å². The molecule has 0 aliphatic heterocycles. The second-order valence-corrected chi connectivity index (χ2v) is 5.19. The third-order valence-corrected chi connectivity index (χ3v) is 2.63. The fourth-order valence-electron chi connectivity index (χ4n) is 1.15. The molecule has 0 saturated heterocycles. The maximum absolute atomic E-state index is 11.8. The van der Waals surface area contributed by atoms with E-state index in [2.05, 4.69) is 15.9 Å². The van der Waals surface area contributed by atoms with Gasteiger partial charge in [-0.1, -0.05) is 6.07 Å². The van der Waals surface area contributed by atoms with Gasteiger partial charge in [0.1, 0.15) is 10.1 Å². The fourth-order valence-corrected chi connectivity index (χ4v) is 1.72. The van der Waals surface area contributed by atoms with Gasteiger partial charge >= 0.3 is 5.97 Å². The van der Waals surface area contributed by atoms with Gasteiger partial charge in [0, 0.05) is 6.07 Å². The molecule has 5 nitrogen and oxygen atoms in total. The normalized spacial score (nSPS) is 11.1. The number of halogens is 1. The average Bonchev–Trinajstić information content (AvgIpc) is 2.14. The van der Waals surface area contributed by atoms with Gasteiger partial charge < -0.3 is 4.74 Å². The molecule has 0 aliphatic carbocycles. The van der Waals surface area contributed by atoms with Gasteiger partial charge in [0.25, 0.3) is 5.69 Å². The number of nitro groups is 1. The first-order valence-electron chi connectivity index (χ1n) is 4.88. The maximum atomic E-state index is 11.8. The quantitative estimate of drug-likeness (QED) is 0.477. The Hall–Kier alpha value is -1.43. The number of esters is 1. The van der Waals surface area contributed by atoms with Crippen LogP contribution in [0.1, 0.15) is 31.1 Å². The molecule has 0 unspecified atom stereocenters. The van der Waals surface area contributed by atoms with Crippen molar-refractivity contribution in [3.8, 4) is 0 Å². The molecule has 0 aliphatic rings. The maximum Gasteiger partial charge on any atom is 0.340 e.